The first-order valence-corrected chi connectivity index (χ1v) is 7.35. The van der Waals surface area contributed by atoms with Crippen LogP contribution in [0.2, 0.25) is 5.02 Å². The van der Waals surface area contributed by atoms with E-state index in [0.717, 1.165) is 15.6 Å². The van der Waals surface area contributed by atoms with Gasteiger partial charge in [0.2, 0.25) is 11.7 Å². The van der Waals surface area contributed by atoms with Gasteiger partial charge in [0.15, 0.2) is 0 Å². The minimum Gasteiger partial charge on any atom is -0.508 e. The van der Waals surface area contributed by atoms with Gasteiger partial charge in [0.05, 0.1) is 11.4 Å². The summed E-state index contributed by atoms with van der Waals surface area (Å²) in [4.78, 5) is 4.33. The number of halogens is 2. The number of nitrogens with zero attached hydrogens (tertiary/aromatic N) is 2. The minimum atomic E-state index is 0.214. The van der Waals surface area contributed by atoms with Crippen LogP contribution in [0.1, 0.15) is 11.5 Å². The predicted octanol–water partition coefficient (Wildman–Crippen LogP) is 4.45. The Hall–Kier alpha value is -1.85. The molecule has 6 heteroatoms. The van der Waals surface area contributed by atoms with Crippen molar-refractivity contribution in [1.29, 1.82) is 0 Å². The zero-order valence-corrected chi connectivity index (χ0v) is 13.1. The number of phenolic OH excluding ortho intramolecular Hbond substituents is 1. The van der Waals surface area contributed by atoms with Crippen molar-refractivity contribution in [2.45, 2.75) is 6.42 Å². The Labute approximate surface area is 134 Å². The average Bonchev–Trinajstić information content (AvgIpc) is 2.93. The summed E-state index contributed by atoms with van der Waals surface area (Å²) < 4.78 is 6.00. The third-order valence-corrected chi connectivity index (χ3v) is 4.19. The average molecular weight is 366 g/mol. The van der Waals surface area contributed by atoms with E-state index in [2.05, 4.69) is 26.1 Å². The Morgan fingerprint density at radius 3 is 2.76 bits per heavy atom. The van der Waals surface area contributed by atoms with Crippen molar-refractivity contribution in [3.8, 4) is 17.1 Å². The summed E-state index contributed by atoms with van der Waals surface area (Å²) in [6.45, 7) is 0. The van der Waals surface area contributed by atoms with Gasteiger partial charge < -0.3 is 9.63 Å². The van der Waals surface area contributed by atoms with Crippen molar-refractivity contribution >= 4 is 27.5 Å². The van der Waals surface area contributed by atoms with E-state index in [1.54, 1.807) is 18.2 Å². The van der Waals surface area contributed by atoms with E-state index < -0.39 is 0 Å². The number of aromatic hydroxyl groups is 1. The van der Waals surface area contributed by atoms with Gasteiger partial charge in [-0.05, 0) is 40.2 Å². The topological polar surface area (TPSA) is 59.2 Å². The van der Waals surface area contributed by atoms with E-state index in [4.69, 9.17) is 16.1 Å². The molecule has 0 aliphatic rings. The predicted molar refractivity (Wildman–Crippen MR) is 83.4 cm³/mol. The van der Waals surface area contributed by atoms with Gasteiger partial charge in [0.1, 0.15) is 5.75 Å². The first-order chi connectivity index (χ1) is 10.1. The Morgan fingerprint density at radius 2 is 2.00 bits per heavy atom. The van der Waals surface area contributed by atoms with Gasteiger partial charge in [-0.25, -0.2) is 0 Å². The largest absolute Gasteiger partial charge is 0.508 e. The lowest BCUT2D eigenvalue weighted by Gasteiger charge is -1.99. The Kier molecular flexibility index (Phi) is 3.94. The van der Waals surface area contributed by atoms with E-state index in [1.807, 2.05) is 24.3 Å². The van der Waals surface area contributed by atoms with Crippen LogP contribution in [0.3, 0.4) is 0 Å². The molecule has 2 aromatic carbocycles. The van der Waals surface area contributed by atoms with Gasteiger partial charge >= 0.3 is 0 Å². The van der Waals surface area contributed by atoms with Crippen LogP contribution in [0.5, 0.6) is 5.75 Å². The standard InChI is InChI=1S/C15H10BrClN2O2/c16-11-7-10(5-6-12(11)17)15-18-14(21-19-15)8-9-3-1-2-4-13(9)20/h1-7,20H,8H2. The maximum absolute atomic E-state index is 9.75. The van der Waals surface area contributed by atoms with Gasteiger partial charge in [-0.1, -0.05) is 35.0 Å². The number of benzene rings is 2. The number of aromatic nitrogens is 2. The van der Waals surface area contributed by atoms with Gasteiger partial charge in [0, 0.05) is 15.6 Å². The molecule has 0 aliphatic carbocycles. The zero-order valence-electron chi connectivity index (χ0n) is 10.8. The molecular formula is C15H10BrClN2O2. The van der Waals surface area contributed by atoms with E-state index in [-0.39, 0.29) is 5.75 Å². The Bertz CT molecular complexity index is 789. The molecule has 0 atom stereocenters. The van der Waals surface area contributed by atoms with Crippen molar-refractivity contribution in [2.24, 2.45) is 0 Å². The summed E-state index contributed by atoms with van der Waals surface area (Å²) >= 11 is 9.32. The summed E-state index contributed by atoms with van der Waals surface area (Å²) in [5.74, 6) is 1.14. The van der Waals surface area contributed by atoms with Crippen LogP contribution in [0.25, 0.3) is 11.4 Å². The van der Waals surface area contributed by atoms with Crippen molar-refractivity contribution < 1.29 is 9.63 Å². The smallest absolute Gasteiger partial charge is 0.231 e. The second kappa shape index (κ2) is 5.87. The summed E-state index contributed by atoms with van der Waals surface area (Å²) in [6.07, 6.45) is 0.383. The van der Waals surface area contributed by atoms with Crippen molar-refractivity contribution in [1.82, 2.24) is 10.1 Å². The van der Waals surface area contributed by atoms with E-state index >= 15 is 0 Å². The van der Waals surface area contributed by atoms with Crippen LogP contribution in [0.4, 0.5) is 0 Å². The van der Waals surface area contributed by atoms with Crippen LogP contribution in [0, 0.1) is 0 Å². The molecule has 0 aliphatic heterocycles. The van der Waals surface area contributed by atoms with Crippen LogP contribution in [-0.2, 0) is 6.42 Å². The quantitative estimate of drug-likeness (QED) is 0.745. The molecule has 3 rings (SSSR count). The molecule has 0 amide bonds. The van der Waals surface area contributed by atoms with Crippen LogP contribution in [-0.4, -0.2) is 15.2 Å². The summed E-state index contributed by atoms with van der Waals surface area (Å²) in [5.41, 5.74) is 1.54. The molecule has 3 aromatic rings. The lowest BCUT2D eigenvalue weighted by molar-refractivity contribution is 0.383. The summed E-state index contributed by atoms with van der Waals surface area (Å²) in [7, 11) is 0. The van der Waals surface area contributed by atoms with Crippen LogP contribution >= 0.6 is 27.5 Å². The molecule has 1 heterocycles. The molecule has 0 spiro atoms. The highest BCUT2D eigenvalue weighted by molar-refractivity contribution is 9.10. The second-order valence-corrected chi connectivity index (χ2v) is 5.71. The molecule has 21 heavy (non-hydrogen) atoms. The van der Waals surface area contributed by atoms with Crippen molar-refractivity contribution in [2.75, 3.05) is 0 Å². The zero-order chi connectivity index (χ0) is 14.8. The molecule has 106 valence electrons. The monoisotopic (exact) mass is 364 g/mol. The van der Waals surface area contributed by atoms with Crippen LogP contribution in [0.15, 0.2) is 51.5 Å². The fraction of sp³-hybridized carbons (Fsp3) is 0.0667. The molecule has 1 N–H and O–H groups in total. The highest BCUT2D eigenvalue weighted by Crippen LogP contribution is 2.28. The lowest BCUT2D eigenvalue weighted by Crippen LogP contribution is -1.89. The molecule has 0 fully saturated rings. The van der Waals surface area contributed by atoms with E-state index in [9.17, 15) is 5.11 Å². The maximum atomic E-state index is 9.75. The number of rotatable bonds is 3. The molecule has 1 aromatic heterocycles. The Balaban J connectivity index is 1.86. The van der Waals surface area contributed by atoms with Crippen molar-refractivity contribution in [3.63, 3.8) is 0 Å². The number of para-hydroxylation sites is 1. The molecule has 0 unspecified atom stereocenters. The molecule has 0 saturated heterocycles. The molecule has 0 saturated carbocycles. The van der Waals surface area contributed by atoms with Gasteiger partial charge in [0.25, 0.3) is 0 Å². The highest BCUT2D eigenvalue weighted by atomic mass is 79.9. The first kappa shape index (κ1) is 14.1. The lowest BCUT2D eigenvalue weighted by atomic mass is 10.1. The number of hydrogen-bond donors (Lipinski definition) is 1. The molecule has 0 bridgehead atoms. The Morgan fingerprint density at radius 1 is 1.19 bits per heavy atom. The van der Waals surface area contributed by atoms with Gasteiger partial charge in [-0.3, -0.25) is 0 Å². The molecule has 4 nitrogen and oxygen atoms in total. The summed E-state index contributed by atoms with van der Waals surface area (Å²) in [6, 6.07) is 12.5. The minimum absolute atomic E-state index is 0.214. The van der Waals surface area contributed by atoms with E-state index in [1.165, 1.54) is 0 Å². The second-order valence-electron chi connectivity index (χ2n) is 4.45. The van der Waals surface area contributed by atoms with Gasteiger partial charge in [-0.15, -0.1) is 0 Å². The van der Waals surface area contributed by atoms with Crippen molar-refractivity contribution in [3.05, 3.63) is 63.4 Å². The highest BCUT2D eigenvalue weighted by Gasteiger charge is 2.12. The number of phenols is 1. The number of hydrogen-bond acceptors (Lipinski definition) is 4. The fourth-order valence-electron chi connectivity index (χ4n) is 1.90. The first-order valence-electron chi connectivity index (χ1n) is 6.18. The third-order valence-electron chi connectivity index (χ3n) is 2.98. The maximum Gasteiger partial charge on any atom is 0.231 e. The normalized spacial score (nSPS) is 10.8. The molecular weight excluding hydrogens is 356 g/mol. The molecule has 0 radical (unpaired) electrons. The SMILES string of the molecule is Oc1ccccc1Cc1nc(-c2ccc(Cl)c(Br)c2)no1. The summed E-state index contributed by atoms with van der Waals surface area (Å²) in [5, 5.41) is 14.3. The van der Waals surface area contributed by atoms with Gasteiger partial charge in [-0.2, -0.15) is 4.98 Å². The van der Waals surface area contributed by atoms with Crippen LogP contribution < -0.4 is 0 Å². The van der Waals surface area contributed by atoms with E-state index in [0.29, 0.717) is 23.2 Å². The fourth-order valence-corrected chi connectivity index (χ4v) is 2.40. The third kappa shape index (κ3) is 3.09.